The summed E-state index contributed by atoms with van der Waals surface area (Å²) < 4.78 is 15.9. The van der Waals surface area contributed by atoms with Crippen molar-refractivity contribution in [1.82, 2.24) is 29.8 Å². The van der Waals surface area contributed by atoms with Gasteiger partial charge in [0, 0.05) is 37.7 Å². The van der Waals surface area contributed by atoms with E-state index in [1.807, 2.05) is 36.4 Å². The predicted octanol–water partition coefficient (Wildman–Crippen LogP) is 4.53. The highest BCUT2D eigenvalue weighted by Crippen LogP contribution is 2.36. The fraction of sp³-hybridized carbons (Fsp3) is 0.300. The molecule has 55 heavy (non-hydrogen) atoms. The van der Waals surface area contributed by atoms with Crippen LogP contribution < -0.4 is 20.4 Å². The quantitative estimate of drug-likeness (QED) is 0.227. The first-order chi connectivity index (χ1) is 26.7. The molecule has 2 aromatic carbocycles. The van der Waals surface area contributed by atoms with Gasteiger partial charge in [0.2, 0.25) is 17.7 Å². The molecule has 2 unspecified atom stereocenters. The minimum atomic E-state index is -1.06. The van der Waals surface area contributed by atoms with Crippen molar-refractivity contribution in [1.29, 1.82) is 0 Å². The highest BCUT2D eigenvalue weighted by molar-refractivity contribution is 6.24. The van der Waals surface area contributed by atoms with E-state index in [9.17, 15) is 28.4 Å². The zero-order valence-electron chi connectivity index (χ0n) is 29.7. The Kier molecular flexibility index (Phi) is 8.55. The smallest absolute Gasteiger partial charge is 0.262 e. The van der Waals surface area contributed by atoms with Crippen LogP contribution in [0.1, 0.15) is 70.8 Å². The van der Waals surface area contributed by atoms with E-state index in [4.69, 9.17) is 10.1 Å². The third kappa shape index (κ3) is 6.24. The van der Waals surface area contributed by atoms with E-state index in [1.54, 1.807) is 28.9 Å². The molecule has 278 valence electrons. The molecule has 15 heteroatoms. The largest absolute Gasteiger partial charge is 0.357 e. The summed E-state index contributed by atoms with van der Waals surface area (Å²) in [7, 11) is 0. The van der Waals surface area contributed by atoms with Gasteiger partial charge in [-0.25, -0.2) is 18.9 Å². The Bertz CT molecular complexity index is 2410. The highest BCUT2D eigenvalue weighted by Gasteiger charge is 2.44. The number of aromatic nitrogens is 4. The predicted molar refractivity (Wildman–Crippen MR) is 199 cm³/mol. The monoisotopic (exact) mass is 741 g/mol. The number of hydrogen-bond donors (Lipinski definition) is 2. The molecule has 2 atom stereocenters. The molecule has 14 nitrogen and oxygen atoms in total. The van der Waals surface area contributed by atoms with Crippen molar-refractivity contribution in [3.05, 3.63) is 102 Å². The lowest BCUT2D eigenvalue weighted by molar-refractivity contribution is -0.136. The molecule has 4 aliphatic rings. The second kappa shape index (κ2) is 13.7. The number of halogens is 1. The molecule has 4 aliphatic heterocycles. The minimum absolute atomic E-state index is 0.0280. The lowest BCUT2D eigenvalue weighted by Crippen LogP contribution is -2.54. The maximum Gasteiger partial charge on any atom is 0.262 e. The number of rotatable bonds is 7. The molecule has 0 aliphatic carbocycles. The van der Waals surface area contributed by atoms with Crippen LogP contribution in [-0.4, -0.2) is 79.7 Å². The second-order valence-electron chi connectivity index (χ2n) is 14.4. The zero-order chi connectivity index (χ0) is 37.8. The first-order valence-corrected chi connectivity index (χ1v) is 18.5. The molecule has 5 amide bonds. The Balaban J connectivity index is 0.858. The van der Waals surface area contributed by atoms with E-state index in [0.717, 1.165) is 47.2 Å². The molecule has 0 spiro atoms. The normalized spacial score (nSPS) is 20.3. The summed E-state index contributed by atoms with van der Waals surface area (Å²) in [5.74, 6) is -1.51. The van der Waals surface area contributed by atoms with Crippen LogP contribution in [-0.2, 0) is 14.4 Å². The summed E-state index contributed by atoms with van der Waals surface area (Å²) in [6, 6.07) is 19.9. The van der Waals surface area contributed by atoms with Crippen molar-refractivity contribution in [3.63, 3.8) is 0 Å². The van der Waals surface area contributed by atoms with Gasteiger partial charge in [-0.1, -0.05) is 18.2 Å². The molecule has 3 saturated heterocycles. The topological polar surface area (TPSA) is 162 Å². The van der Waals surface area contributed by atoms with Gasteiger partial charge in [-0.3, -0.25) is 34.2 Å². The van der Waals surface area contributed by atoms with Crippen LogP contribution in [0.25, 0.3) is 17.0 Å². The summed E-state index contributed by atoms with van der Waals surface area (Å²) in [4.78, 5) is 78.5. The molecule has 9 rings (SSSR count). The molecule has 2 N–H and O–H groups in total. The summed E-state index contributed by atoms with van der Waals surface area (Å²) >= 11 is 0. The van der Waals surface area contributed by atoms with Gasteiger partial charge >= 0.3 is 0 Å². The Morgan fingerprint density at radius 1 is 0.818 bits per heavy atom. The lowest BCUT2D eigenvalue weighted by atomic mass is 9.95. The van der Waals surface area contributed by atoms with Crippen molar-refractivity contribution in [2.45, 2.75) is 50.6 Å². The standard InChI is InChI=1S/C40H36FN9O5/c41-25-5-1-4-24(20-25)30-7-3-17-48(30)35-13-12-33-42-22-32(50(33)46-35)29-6-2-8-34(44-29)47-18-15-23(16-19-47)37(52)43-26-9-10-27-28(21-26)40(55)49(39(27)54)31-11-14-36(51)45-38(31)53/h1-2,4-6,8-10,12-13,20-23,30-31H,3,7,11,14-19H2,(H,43,52)(H,45,51,53). The maximum absolute atomic E-state index is 14.1. The number of anilines is 3. The Labute approximate surface area is 314 Å². The molecule has 0 bridgehead atoms. The number of fused-ring (bicyclic) bond motifs is 2. The van der Waals surface area contributed by atoms with Gasteiger partial charge in [0.1, 0.15) is 29.2 Å². The van der Waals surface area contributed by atoms with Gasteiger partial charge in [-0.2, -0.15) is 0 Å². The third-order valence-corrected chi connectivity index (χ3v) is 11.0. The van der Waals surface area contributed by atoms with Gasteiger partial charge in [0.15, 0.2) is 5.65 Å². The number of pyridine rings is 1. The summed E-state index contributed by atoms with van der Waals surface area (Å²) in [6.45, 7) is 2.00. The maximum atomic E-state index is 14.1. The number of imide groups is 2. The van der Waals surface area contributed by atoms with E-state index in [0.29, 0.717) is 43.0 Å². The number of carbonyl (C=O) groups is 5. The van der Waals surface area contributed by atoms with Crippen molar-refractivity contribution < 1.29 is 28.4 Å². The molecule has 7 heterocycles. The van der Waals surface area contributed by atoms with Crippen LogP contribution >= 0.6 is 0 Å². The molecule has 3 fully saturated rings. The minimum Gasteiger partial charge on any atom is -0.357 e. The first-order valence-electron chi connectivity index (χ1n) is 18.5. The number of carbonyl (C=O) groups excluding carboxylic acids is 5. The number of nitrogens with one attached hydrogen (secondary N) is 2. The average Bonchev–Trinajstić information content (AvgIpc) is 3.92. The number of piperidine rings is 2. The lowest BCUT2D eigenvalue weighted by Gasteiger charge is -2.32. The van der Waals surface area contributed by atoms with E-state index in [2.05, 4.69) is 25.4 Å². The van der Waals surface area contributed by atoms with Crippen LogP contribution in [0.4, 0.5) is 21.7 Å². The van der Waals surface area contributed by atoms with E-state index < -0.39 is 29.7 Å². The number of hydrogen-bond acceptors (Lipinski definition) is 10. The number of amides is 5. The van der Waals surface area contributed by atoms with E-state index in [-0.39, 0.29) is 47.7 Å². The first kappa shape index (κ1) is 34.3. The van der Waals surface area contributed by atoms with Crippen molar-refractivity contribution in [3.8, 4) is 11.4 Å². The summed E-state index contributed by atoms with van der Waals surface area (Å²) in [5, 5.41) is 10.1. The molecule has 5 aromatic rings. The van der Waals surface area contributed by atoms with Crippen molar-refractivity contribution in [2.24, 2.45) is 5.92 Å². The van der Waals surface area contributed by atoms with E-state index >= 15 is 0 Å². The van der Waals surface area contributed by atoms with Crippen molar-refractivity contribution >= 4 is 52.5 Å². The highest BCUT2D eigenvalue weighted by atomic mass is 19.1. The zero-order valence-corrected chi connectivity index (χ0v) is 29.7. The molecule has 0 saturated carbocycles. The van der Waals surface area contributed by atoms with Crippen molar-refractivity contribution in [2.75, 3.05) is 34.8 Å². The average molecular weight is 742 g/mol. The Morgan fingerprint density at radius 2 is 1.64 bits per heavy atom. The SMILES string of the molecule is O=C1CCC(N2C(=O)c3ccc(NC(=O)C4CCN(c5cccc(-c6cnc7ccc(N8CCCC8c8cccc(F)c8)nn67)n5)CC4)cc3C2=O)C(=O)N1. The number of imidazole rings is 1. The van der Waals surface area contributed by atoms with Crippen LogP contribution in [0.5, 0.6) is 0 Å². The van der Waals surface area contributed by atoms with Gasteiger partial charge in [-0.05, 0) is 92.3 Å². The van der Waals surface area contributed by atoms with E-state index in [1.165, 1.54) is 18.2 Å². The van der Waals surface area contributed by atoms with Gasteiger partial charge in [0.25, 0.3) is 11.8 Å². The molecular formula is C40H36FN9O5. The van der Waals surface area contributed by atoms with Crippen LogP contribution in [0, 0.1) is 11.7 Å². The molecule has 3 aromatic heterocycles. The molecule has 0 radical (unpaired) electrons. The Hall–Kier alpha value is -6.51. The van der Waals surface area contributed by atoms with Crippen LogP contribution in [0.15, 0.2) is 79.0 Å². The van der Waals surface area contributed by atoms with Gasteiger partial charge < -0.3 is 15.1 Å². The fourth-order valence-corrected chi connectivity index (χ4v) is 8.20. The number of nitrogens with zero attached hydrogens (tertiary/aromatic N) is 7. The Morgan fingerprint density at radius 3 is 2.45 bits per heavy atom. The number of benzene rings is 2. The van der Waals surface area contributed by atoms with Gasteiger partial charge in [-0.15, -0.1) is 5.10 Å². The van der Waals surface area contributed by atoms with Crippen LogP contribution in [0.2, 0.25) is 0 Å². The summed E-state index contributed by atoms with van der Waals surface area (Å²) in [6.07, 6.45) is 4.90. The van der Waals surface area contributed by atoms with Gasteiger partial charge in [0.05, 0.1) is 29.1 Å². The summed E-state index contributed by atoms with van der Waals surface area (Å²) in [5.41, 5.74) is 3.70. The fourth-order valence-electron chi connectivity index (χ4n) is 8.20. The third-order valence-electron chi connectivity index (χ3n) is 11.0. The second-order valence-corrected chi connectivity index (χ2v) is 14.4. The van der Waals surface area contributed by atoms with Crippen LogP contribution in [0.3, 0.4) is 0 Å². The molecular weight excluding hydrogens is 705 g/mol.